The molecule has 1 aliphatic rings. The van der Waals surface area contributed by atoms with Gasteiger partial charge in [-0.3, -0.25) is 4.90 Å². The summed E-state index contributed by atoms with van der Waals surface area (Å²) in [6.45, 7) is 3.84. The minimum atomic E-state index is 0.372. The van der Waals surface area contributed by atoms with Crippen LogP contribution in [0.2, 0.25) is 10.0 Å². The van der Waals surface area contributed by atoms with Crippen LogP contribution < -0.4 is 0 Å². The molecule has 21 heavy (non-hydrogen) atoms. The van der Waals surface area contributed by atoms with Crippen molar-refractivity contribution in [2.75, 3.05) is 6.54 Å². The summed E-state index contributed by atoms with van der Waals surface area (Å²) in [6, 6.07) is 6.30. The Labute approximate surface area is 134 Å². The molecule has 3 rings (SSSR count). The first-order valence-electron chi connectivity index (χ1n) is 7.10. The standard InChI is InChI=1S/C15H18Cl2N4/c1-10-18-19-15(20(10)2)9-21-7-3-4-14(21)11-5-6-12(16)13(17)8-11/h5-6,8,14H,3-4,7,9H2,1-2H3. The summed E-state index contributed by atoms with van der Waals surface area (Å²) < 4.78 is 2.05. The summed E-state index contributed by atoms with van der Waals surface area (Å²) in [5.41, 5.74) is 1.22. The maximum atomic E-state index is 6.15. The van der Waals surface area contributed by atoms with Gasteiger partial charge in [0.25, 0.3) is 0 Å². The van der Waals surface area contributed by atoms with Gasteiger partial charge in [-0.1, -0.05) is 29.3 Å². The van der Waals surface area contributed by atoms with E-state index < -0.39 is 0 Å². The lowest BCUT2D eigenvalue weighted by molar-refractivity contribution is 0.239. The lowest BCUT2D eigenvalue weighted by Crippen LogP contribution is -2.24. The zero-order chi connectivity index (χ0) is 15.0. The van der Waals surface area contributed by atoms with E-state index in [-0.39, 0.29) is 0 Å². The average molecular weight is 325 g/mol. The fourth-order valence-electron chi connectivity index (χ4n) is 2.88. The summed E-state index contributed by atoms with van der Waals surface area (Å²) in [5, 5.41) is 9.62. The van der Waals surface area contributed by atoms with Crippen molar-refractivity contribution < 1.29 is 0 Å². The van der Waals surface area contributed by atoms with Gasteiger partial charge in [0.15, 0.2) is 0 Å². The largest absolute Gasteiger partial charge is 0.317 e. The Morgan fingerprint density at radius 3 is 2.71 bits per heavy atom. The Hall–Kier alpha value is -1.10. The minimum absolute atomic E-state index is 0.372. The number of benzene rings is 1. The molecule has 1 aliphatic heterocycles. The van der Waals surface area contributed by atoms with E-state index in [9.17, 15) is 0 Å². The highest BCUT2D eigenvalue weighted by Gasteiger charge is 2.27. The molecular weight excluding hydrogens is 307 g/mol. The zero-order valence-electron chi connectivity index (χ0n) is 12.2. The van der Waals surface area contributed by atoms with Gasteiger partial charge in [0.1, 0.15) is 11.6 Å². The second-order valence-electron chi connectivity index (χ2n) is 5.52. The molecule has 1 atom stereocenters. The van der Waals surface area contributed by atoms with E-state index in [0.29, 0.717) is 16.1 Å². The first kappa shape index (κ1) is 14.8. The Balaban J connectivity index is 1.82. The predicted octanol–water partition coefficient (Wildman–Crippen LogP) is 3.77. The van der Waals surface area contributed by atoms with Crippen LogP contribution in [0.3, 0.4) is 0 Å². The number of likely N-dealkylation sites (tertiary alicyclic amines) is 1. The molecule has 0 saturated carbocycles. The van der Waals surface area contributed by atoms with Crippen LogP contribution in [-0.4, -0.2) is 26.2 Å². The van der Waals surface area contributed by atoms with Crippen LogP contribution in [0.1, 0.15) is 36.1 Å². The fraction of sp³-hybridized carbons (Fsp3) is 0.467. The Morgan fingerprint density at radius 2 is 2.05 bits per heavy atom. The molecule has 112 valence electrons. The number of aryl methyl sites for hydroxylation is 1. The van der Waals surface area contributed by atoms with Crippen molar-refractivity contribution in [2.45, 2.75) is 32.4 Å². The van der Waals surface area contributed by atoms with Crippen molar-refractivity contribution in [3.05, 3.63) is 45.5 Å². The predicted molar refractivity (Wildman–Crippen MR) is 84.6 cm³/mol. The van der Waals surface area contributed by atoms with Gasteiger partial charge in [-0.05, 0) is 44.0 Å². The molecule has 2 heterocycles. The van der Waals surface area contributed by atoms with Gasteiger partial charge in [0.2, 0.25) is 0 Å². The maximum absolute atomic E-state index is 6.15. The molecule has 0 aliphatic carbocycles. The van der Waals surface area contributed by atoms with E-state index >= 15 is 0 Å². The quantitative estimate of drug-likeness (QED) is 0.861. The number of aromatic nitrogens is 3. The van der Waals surface area contributed by atoms with E-state index in [4.69, 9.17) is 23.2 Å². The van der Waals surface area contributed by atoms with E-state index in [1.807, 2.05) is 30.7 Å². The van der Waals surface area contributed by atoms with Gasteiger partial charge in [-0.25, -0.2) is 0 Å². The zero-order valence-corrected chi connectivity index (χ0v) is 13.7. The molecule has 2 aromatic rings. The second-order valence-corrected chi connectivity index (χ2v) is 6.34. The molecule has 1 aromatic carbocycles. The first-order valence-corrected chi connectivity index (χ1v) is 7.85. The molecule has 1 fully saturated rings. The van der Waals surface area contributed by atoms with Crippen molar-refractivity contribution in [1.29, 1.82) is 0 Å². The Morgan fingerprint density at radius 1 is 1.24 bits per heavy atom. The van der Waals surface area contributed by atoms with Gasteiger partial charge in [0.05, 0.1) is 16.6 Å². The molecule has 6 heteroatoms. The maximum Gasteiger partial charge on any atom is 0.146 e. The normalized spacial score (nSPS) is 19.3. The molecule has 0 radical (unpaired) electrons. The second kappa shape index (κ2) is 5.95. The summed E-state index contributed by atoms with van der Waals surface area (Å²) in [6.07, 6.45) is 2.32. The summed E-state index contributed by atoms with van der Waals surface area (Å²) in [7, 11) is 2.01. The summed E-state index contributed by atoms with van der Waals surface area (Å²) >= 11 is 12.2. The summed E-state index contributed by atoms with van der Waals surface area (Å²) in [5.74, 6) is 1.94. The van der Waals surface area contributed by atoms with Crippen molar-refractivity contribution in [2.24, 2.45) is 7.05 Å². The average Bonchev–Trinajstić information content (AvgIpc) is 3.04. The highest BCUT2D eigenvalue weighted by atomic mass is 35.5. The Bertz CT molecular complexity index is 653. The van der Waals surface area contributed by atoms with Crippen LogP contribution in [0.4, 0.5) is 0 Å². The molecule has 0 bridgehead atoms. The molecular formula is C15H18Cl2N4. The highest BCUT2D eigenvalue weighted by Crippen LogP contribution is 2.35. The van der Waals surface area contributed by atoms with Gasteiger partial charge in [-0.15, -0.1) is 10.2 Å². The molecule has 1 unspecified atom stereocenters. The molecule has 4 nitrogen and oxygen atoms in total. The third-order valence-electron chi connectivity index (χ3n) is 4.22. The van der Waals surface area contributed by atoms with Crippen LogP contribution in [0.15, 0.2) is 18.2 Å². The van der Waals surface area contributed by atoms with Crippen molar-refractivity contribution in [3.63, 3.8) is 0 Å². The smallest absolute Gasteiger partial charge is 0.146 e. The van der Waals surface area contributed by atoms with Gasteiger partial charge >= 0.3 is 0 Å². The van der Waals surface area contributed by atoms with Crippen LogP contribution in [-0.2, 0) is 13.6 Å². The first-order chi connectivity index (χ1) is 10.1. The topological polar surface area (TPSA) is 34.0 Å². The third-order valence-corrected chi connectivity index (χ3v) is 4.96. The van der Waals surface area contributed by atoms with Gasteiger partial charge < -0.3 is 4.57 Å². The number of nitrogens with zero attached hydrogens (tertiary/aromatic N) is 4. The molecule has 0 spiro atoms. The van der Waals surface area contributed by atoms with Crippen molar-refractivity contribution in [3.8, 4) is 0 Å². The molecule has 1 aromatic heterocycles. The van der Waals surface area contributed by atoms with Crippen LogP contribution in [0.25, 0.3) is 0 Å². The van der Waals surface area contributed by atoms with E-state index in [0.717, 1.165) is 31.2 Å². The molecule has 1 saturated heterocycles. The van der Waals surface area contributed by atoms with Crippen molar-refractivity contribution in [1.82, 2.24) is 19.7 Å². The van der Waals surface area contributed by atoms with E-state index in [2.05, 4.69) is 21.2 Å². The number of halogens is 2. The van der Waals surface area contributed by atoms with Crippen LogP contribution in [0, 0.1) is 6.92 Å². The lowest BCUT2D eigenvalue weighted by atomic mass is 10.0. The number of hydrogen-bond acceptors (Lipinski definition) is 3. The molecule has 0 amide bonds. The van der Waals surface area contributed by atoms with Crippen LogP contribution in [0.5, 0.6) is 0 Å². The number of rotatable bonds is 3. The van der Waals surface area contributed by atoms with E-state index in [1.54, 1.807) is 0 Å². The lowest BCUT2D eigenvalue weighted by Gasteiger charge is -2.24. The Kier molecular flexibility index (Phi) is 4.20. The third kappa shape index (κ3) is 2.93. The fourth-order valence-corrected chi connectivity index (χ4v) is 3.19. The van der Waals surface area contributed by atoms with E-state index in [1.165, 1.54) is 12.0 Å². The number of hydrogen-bond donors (Lipinski definition) is 0. The summed E-state index contributed by atoms with van der Waals surface area (Å²) in [4.78, 5) is 2.43. The van der Waals surface area contributed by atoms with Crippen molar-refractivity contribution >= 4 is 23.2 Å². The van der Waals surface area contributed by atoms with Crippen LogP contribution >= 0.6 is 23.2 Å². The van der Waals surface area contributed by atoms with Gasteiger partial charge in [-0.2, -0.15) is 0 Å². The SMILES string of the molecule is Cc1nnc(CN2CCCC2c2ccc(Cl)c(Cl)c2)n1C. The molecule has 0 N–H and O–H groups in total. The minimum Gasteiger partial charge on any atom is -0.317 e. The monoisotopic (exact) mass is 324 g/mol. The highest BCUT2D eigenvalue weighted by molar-refractivity contribution is 6.42. The van der Waals surface area contributed by atoms with Gasteiger partial charge in [0, 0.05) is 13.1 Å².